The van der Waals surface area contributed by atoms with Crippen molar-refractivity contribution in [2.75, 3.05) is 19.6 Å². The van der Waals surface area contributed by atoms with Gasteiger partial charge in [-0.1, -0.05) is 13.0 Å². The number of hydrogen-bond donors (Lipinski definition) is 2. The zero-order chi connectivity index (χ0) is 19.3. The second kappa shape index (κ2) is 8.28. The minimum Gasteiger partial charge on any atom is -0.449 e. The highest BCUT2D eigenvalue weighted by Crippen LogP contribution is 2.14. The van der Waals surface area contributed by atoms with Crippen molar-refractivity contribution in [3.8, 4) is 0 Å². The Morgan fingerprint density at radius 2 is 2.12 bits per heavy atom. The first-order valence-electron chi connectivity index (χ1n) is 8.16. The maximum Gasteiger partial charge on any atom is 0.338 e. The Kier molecular flexibility index (Phi) is 6.32. The predicted molar refractivity (Wildman–Crippen MR) is 91.9 cm³/mol. The van der Waals surface area contributed by atoms with E-state index in [1.165, 1.54) is 31.2 Å². The number of urea groups is 1. The molecule has 1 aliphatic rings. The van der Waals surface area contributed by atoms with Crippen LogP contribution in [0.1, 0.15) is 30.6 Å². The Morgan fingerprint density at radius 1 is 1.38 bits per heavy atom. The average Bonchev–Trinajstić information content (AvgIpc) is 3.05. The van der Waals surface area contributed by atoms with Gasteiger partial charge >= 0.3 is 12.0 Å². The summed E-state index contributed by atoms with van der Waals surface area (Å²) in [6.45, 7) is 4.01. The summed E-state index contributed by atoms with van der Waals surface area (Å²) in [7, 11) is -3.73. The first-order chi connectivity index (χ1) is 12.3. The summed E-state index contributed by atoms with van der Waals surface area (Å²) < 4.78 is 31.8. The molecule has 2 N–H and O–H groups in total. The highest BCUT2D eigenvalue weighted by molar-refractivity contribution is 7.89. The molecule has 0 radical (unpaired) electrons. The molecule has 1 aromatic rings. The minimum absolute atomic E-state index is 0.00473. The first kappa shape index (κ1) is 19.9. The topological polar surface area (TPSA) is 122 Å². The van der Waals surface area contributed by atoms with Crippen molar-refractivity contribution in [1.82, 2.24) is 14.9 Å². The monoisotopic (exact) mass is 383 g/mol. The van der Waals surface area contributed by atoms with Crippen LogP contribution in [0.25, 0.3) is 0 Å². The maximum atomic E-state index is 12.2. The fraction of sp³-hybridized carbons (Fsp3) is 0.438. The standard InChI is InChI=1S/C16H21N3O6S/c1-3-7-18-26(23,24)13-6-4-5-12(10-13)15(21)25-11(2)14(20)19-9-8-17-16(19)22/h4-6,10-11,18H,3,7-9H2,1-2H3,(H,17,22)/t11-/m0/s1. The number of nitrogens with zero attached hydrogens (tertiary/aromatic N) is 1. The number of ether oxygens (including phenoxy) is 1. The zero-order valence-electron chi connectivity index (χ0n) is 14.5. The molecule has 26 heavy (non-hydrogen) atoms. The average molecular weight is 383 g/mol. The van der Waals surface area contributed by atoms with Gasteiger partial charge in [0.2, 0.25) is 10.0 Å². The van der Waals surface area contributed by atoms with Gasteiger partial charge in [0.15, 0.2) is 6.10 Å². The van der Waals surface area contributed by atoms with Crippen LogP contribution in [0, 0.1) is 0 Å². The molecule has 0 aromatic heterocycles. The van der Waals surface area contributed by atoms with Crippen molar-refractivity contribution >= 4 is 27.9 Å². The normalized spacial score (nSPS) is 15.5. The van der Waals surface area contributed by atoms with Crippen molar-refractivity contribution in [2.24, 2.45) is 0 Å². The smallest absolute Gasteiger partial charge is 0.338 e. The van der Waals surface area contributed by atoms with Crippen LogP contribution >= 0.6 is 0 Å². The number of amides is 3. The number of imide groups is 1. The Hall–Kier alpha value is -2.46. The van der Waals surface area contributed by atoms with Crippen LogP contribution in [-0.2, 0) is 19.6 Å². The molecular weight excluding hydrogens is 362 g/mol. The molecule has 0 spiro atoms. The van der Waals surface area contributed by atoms with E-state index in [0.717, 1.165) is 4.90 Å². The van der Waals surface area contributed by atoms with Crippen LogP contribution in [-0.4, -0.2) is 57.0 Å². The molecular formula is C16H21N3O6S. The van der Waals surface area contributed by atoms with Gasteiger partial charge in [0.1, 0.15) is 0 Å². The Balaban J connectivity index is 2.09. The summed E-state index contributed by atoms with van der Waals surface area (Å²) in [6, 6.07) is 4.81. The number of esters is 1. The quantitative estimate of drug-likeness (QED) is 0.660. The molecule has 0 bridgehead atoms. The van der Waals surface area contributed by atoms with Gasteiger partial charge < -0.3 is 10.1 Å². The van der Waals surface area contributed by atoms with Crippen molar-refractivity contribution in [1.29, 1.82) is 0 Å². The Labute approximate surface area is 151 Å². The van der Waals surface area contributed by atoms with Gasteiger partial charge in [-0.15, -0.1) is 0 Å². The predicted octanol–water partition coefficient (Wildman–Crippen LogP) is 0.472. The van der Waals surface area contributed by atoms with E-state index in [2.05, 4.69) is 10.0 Å². The SMILES string of the molecule is CCCNS(=O)(=O)c1cccc(C(=O)O[C@@H](C)C(=O)N2CCNC2=O)c1. The molecule has 142 valence electrons. The summed E-state index contributed by atoms with van der Waals surface area (Å²) in [5, 5.41) is 2.48. The minimum atomic E-state index is -3.73. The second-order valence-electron chi connectivity index (χ2n) is 5.69. The van der Waals surface area contributed by atoms with E-state index in [4.69, 9.17) is 4.74 Å². The number of benzene rings is 1. The van der Waals surface area contributed by atoms with Gasteiger partial charge in [-0.05, 0) is 31.5 Å². The van der Waals surface area contributed by atoms with Gasteiger partial charge in [0, 0.05) is 19.6 Å². The molecule has 0 saturated carbocycles. The molecule has 1 saturated heterocycles. The summed E-state index contributed by atoms with van der Waals surface area (Å²) >= 11 is 0. The summed E-state index contributed by atoms with van der Waals surface area (Å²) in [6.07, 6.45) is -0.546. The number of carbonyl (C=O) groups excluding carboxylic acids is 3. The molecule has 1 aromatic carbocycles. The number of hydrogen-bond acceptors (Lipinski definition) is 6. The largest absolute Gasteiger partial charge is 0.449 e. The number of carbonyl (C=O) groups is 3. The lowest BCUT2D eigenvalue weighted by atomic mass is 10.2. The molecule has 1 fully saturated rings. The Bertz CT molecular complexity index is 808. The fourth-order valence-corrected chi connectivity index (χ4v) is 3.47. The first-order valence-corrected chi connectivity index (χ1v) is 9.64. The van der Waals surface area contributed by atoms with Gasteiger partial charge in [-0.25, -0.2) is 22.7 Å². The number of sulfonamides is 1. The lowest BCUT2D eigenvalue weighted by Gasteiger charge is -2.18. The summed E-state index contributed by atoms with van der Waals surface area (Å²) in [5.41, 5.74) is -0.00473. The van der Waals surface area contributed by atoms with Crippen molar-refractivity contribution in [2.45, 2.75) is 31.3 Å². The third-order valence-corrected chi connectivity index (χ3v) is 5.14. The van der Waals surface area contributed by atoms with Gasteiger partial charge in [-0.3, -0.25) is 9.69 Å². The molecule has 3 amide bonds. The lowest BCUT2D eigenvalue weighted by Crippen LogP contribution is -2.41. The van der Waals surface area contributed by atoms with Crippen molar-refractivity contribution in [3.63, 3.8) is 0 Å². The molecule has 1 heterocycles. The van der Waals surface area contributed by atoms with E-state index < -0.39 is 34.0 Å². The Morgan fingerprint density at radius 3 is 2.73 bits per heavy atom. The van der Waals surface area contributed by atoms with E-state index in [1.54, 1.807) is 0 Å². The van der Waals surface area contributed by atoms with Crippen LogP contribution < -0.4 is 10.0 Å². The van der Waals surface area contributed by atoms with E-state index in [0.29, 0.717) is 13.0 Å². The van der Waals surface area contributed by atoms with E-state index in [9.17, 15) is 22.8 Å². The molecule has 1 aliphatic heterocycles. The summed E-state index contributed by atoms with van der Waals surface area (Å²) in [5.74, 6) is -1.49. The zero-order valence-corrected chi connectivity index (χ0v) is 15.3. The third-order valence-electron chi connectivity index (χ3n) is 3.68. The molecule has 0 unspecified atom stereocenters. The van der Waals surface area contributed by atoms with Crippen molar-refractivity contribution < 1.29 is 27.5 Å². The second-order valence-corrected chi connectivity index (χ2v) is 7.46. The lowest BCUT2D eigenvalue weighted by molar-refractivity contribution is -0.136. The van der Waals surface area contributed by atoms with Crippen LogP contribution in [0.4, 0.5) is 4.79 Å². The highest BCUT2D eigenvalue weighted by atomic mass is 32.2. The molecule has 9 nitrogen and oxygen atoms in total. The van der Waals surface area contributed by atoms with E-state index in [-0.39, 0.29) is 23.5 Å². The van der Waals surface area contributed by atoms with Crippen LogP contribution in [0.15, 0.2) is 29.2 Å². The van der Waals surface area contributed by atoms with Crippen LogP contribution in [0.3, 0.4) is 0 Å². The third kappa shape index (κ3) is 4.58. The molecule has 10 heteroatoms. The molecule has 1 atom stereocenters. The summed E-state index contributed by atoms with van der Waals surface area (Å²) in [4.78, 5) is 36.8. The van der Waals surface area contributed by atoms with Gasteiger partial charge in [-0.2, -0.15) is 0 Å². The van der Waals surface area contributed by atoms with Crippen LogP contribution in [0.5, 0.6) is 0 Å². The van der Waals surface area contributed by atoms with E-state index in [1.807, 2.05) is 6.92 Å². The molecule has 2 rings (SSSR count). The fourth-order valence-electron chi connectivity index (χ4n) is 2.29. The highest BCUT2D eigenvalue weighted by Gasteiger charge is 2.31. The van der Waals surface area contributed by atoms with Gasteiger partial charge in [0.25, 0.3) is 5.91 Å². The van der Waals surface area contributed by atoms with Crippen LogP contribution in [0.2, 0.25) is 0 Å². The van der Waals surface area contributed by atoms with Crippen molar-refractivity contribution in [3.05, 3.63) is 29.8 Å². The maximum absolute atomic E-state index is 12.2. The number of nitrogens with one attached hydrogen (secondary N) is 2. The van der Waals surface area contributed by atoms with E-state index >= 15 is 0 Å². The number of rotatable bonds is 7. The van der Waals surface area contributed by atoms with Gasteiger partial charge in [0.05, 0.1) is 10.5 Å². The molecule has 0 aliphatic carbocycles.